The molecule has 35 heavy (non-hydrogen) atoms. The predicted molar refractivity (Wildman–Crippen MR) is 136 cm³/mol. The van der Waals surface area contributed by atoms with E-state index in [2.05, 4.69) is 29.3 Å². The Kier molecular flexibility index (Phi) is 8.13. The molecule has 1 aromatic carbocycles. The minimum atomic E-state index is -1.79. The zero-order valence-electron chi connectivity index (χ0n) is 20.4. The van der Waals surface area contributed by atoms with Crippen molar-refractivity contribution in [2.45, 2.75) is 50.9 Å². The maximum absolute atomic E-state index is 13.0. The first-order chi connectivity index (χ1) is 16.9. The van der Waals surface area contributed by atoms with E-state index < -0.39 is 24.0 Å². The summed E-state index contributed by atoms with van der Waals surface area (Å²) in [7, 11) is 0. The van der Waals surface area contributed by atoms with Crippen LogP contribution in [0.3, 0.4) is 0 Å². The highest BCUT2D eigenvalue weighted by molar-refractivity contribution is 5.91. The zero-order valence-corrected chi connectivity index (χ0v) is 20.4. The predicted octanol–water partition coefficient (Wildman–Crippen LogP) is 1.69. The molecular weight excluding hydrogens is 444 g/mol. The lowest BCUT2D eigenvalue weighted by Gasteiger charge is -2.39. The number of piperidine rings is 1. The van der Waals surface area contributed by atoms with Crippen molar-refractivity contribution in [1.29, 1.82) is 0 Å². The number of anilines is 2. The molecule has 2 amide bonds. The number of hydrogen-bond donors (Lipinski definition) is 4. The average Bonchev–Trinajstić information content (AvgIpc) is 3.37. The van der Waals surface area contributed by atoms with Gasteiger partial charge in [0.15, 0.2) is 12.2 Å². The normalized spacial score (nSPS) is 28.1. The van der Waals surface area contributed by atoms with Crippen LogP contribution in [0, 0.1) is 17.8 Å². The number of nitrogens with one attached hydrogen (secondary N) is 1. The summed E-state index contributed by atoms with van der Waals surface area (Å²) >= 11 is 0. The highest BCUT2D eigenvalue weighted by atomic mass is 16.3. The molecule has 3 aliphatic rings. The lowest BCUT2D eigenvalue weighted by atomic mass is 9.86. The molecule has 1 aliphatic carbocycles. The molecule has 5 N–H and O–H groups in total. The van der Waals surface area contributed by atoms with Gasteiger partial charge in [-0.3, -0.25) is 9.59 Å². The SMILES string of the molecule is C[C@@H]1CN(c2ccccc2N)CCC1CNC(=O)[C@H](O)[C@@H](O)C(=O)N1CCC[C@@H]1C1C=CC=CC1. The fourth-order valence-electron chi connectivity index (χ4n) is 5.67. The molecule has 0 aromatic heterocycles. The van der Waals surface area contributed by atoms with Gasteiger partial charge in [-0.15, -0.1) is 0 Å². The number of likely N-dealkylation sites (tertiary alicyclic amines) is 1. The molecule has 2 fully saturated rings. The minimum Gasteiger partial charge on any atom is -0.397 e. The Morgan fingerprint density at radius 1 is 1.14 bits per heavy atom. The van der Waals surface area contributed by atoms with Gasteiger partial charge in [-0.05, 0) is 49.7 Å². The maximum Gasteiger partial charge on any atom is 0.254 e. The number of hydrogen-bond acceptors (Lipinski definition) is 6. The first kappa shape index (κ1) is 25.3. The van der Waals surface area contributed by atoms with Crippen LogP contribution in [-0.2, 0) is 9.59 Å². The van der Waals surface area contributed by atoms with Crippen LogP contribution in [0.4, 0.5) is 11.4 Å². The molecule has 2 heterocycles. The third kappa shape index (κ3) is 5.70. The van der Waals surface area contributed by atoms with E-state index in [-0.39, 0.29) is 17.9 Å². The highest BCUT2D eigenvalue weighted by Crippen LogP contribution is 2.31. The number of nitrogen functional groups attached to an aromatic ring is 1. The van der Waals surface area contributed by atoms with Crippen LogP contribution in [0.1, 0.15) is 32.6 Å². The number of nitrogens with two attached hydrogens (primary N) is 1. The quantitative estimate of drug-likeness (QED) is 0.439. The molecule has 1 aromatic rings. The summed E-state index contributed by atoms with van der Waals surface area (Å²) in [6.45, 7) is 4.70. The molecule has 4 rings (SSSR count). The molecule has 0 bridgehead atoms. The summed E-state index contributed by atoms with van der Waals surface area (Å²) in [5.41, 5.74) is 7.91. The zero-order chi connectivity index (χ0) is 24.9. The van der Waals surface area contributed by atoms with Crippen molar-refractivity contribution >= 4 is 23.2 Å². The van der Waals surface area contributed by atoms with Crippen LogP contribution in [0.2, 0.25) is 0 Å². The van der Waals surface area contributed by atoms with Crippen LogP contribution in [-0.4, -0.2) is 71.4 Å². The van der Waals surface area contributed by atoms with Crippen LogP contribution in [0.25, 0.3) is 0 Å². The molecule has 0 saturated carbocycles. The first-order valence-electron chi connectivity index (χ1n) is 12.7. The number of rotatable bonds is 7. The summed E-state index contributed by atoms with van der Waals surface area (Å²) in [4.78, 5) is 29.5. The lowest BCUT2D eigenvalue weighted by molar-refractivity contribution is -0.154. The van der Waals surface area contributed by atoms with Crippen LogP contribution < -0.4 is 16.0 Å². The highest BCUT2D eigenvalue weighted by Gasteiger charge is 2.40. The Hall–Kier alpha value is -2.84. The molecule has 8 nitrogen and oxygen atoms in total. The molecule has 0 radical (unpaired) electrons. The molecule has 2 unspecified atom stereocenters. The molecule has 2 aliphatic heterocycles. The average molecular weight is 483 g/mol. The number of nitrogens with zero attached hydrogens (tertiary/aromatic N) is 2. The third-order valence-corrected chi connectivity index (χ3v) is 7.81. The summed E-state index contributed by atoms with van der Waals surface area (Å²) in [5.74, 6) is -0.544. The number of allylic oxidation sites excluding steroid dienone is 3. The molecule has 190 valence electrons. The number of carbonyl (C=O) groups is 2. The van der Waals surface area contributed by atoms with E-state index >= 15 is 0 Å². The standard InChI is InChI=1S/C27H38N4O4/c1-18-17-30(23-11-6-5-10-21(23)28)15-13-20(18)16-29-26(34)24(32)25(33)27(35)31-14-7-12-22(31)19-8-3-2-4-9-19/h2-6,8,10-11,18-20,22,24-25,32-33H,7,9,12-17,28H2,1H3,(H,29,34)/t18-,19?,20?,22-,24-,25-/m1/s1. The Morgan fingerprint density at radius 3 is 2.66 bits per heavy atom. The number of aliphatic hydroxyl groups excluding tert-OH is 2. The van der Waals surface area contributed by atoms with Gasteiger partial charge in [0.05, 0.1) is 11.4 Å². The monoisotopic (exact) mass is 482 g/mol. The molecular formula is C27H38N4O4. The summed E-state index contributed by atoms with van der Waals surface area (Å²) in [6, 6.07) is 7.80. The van der Waals surface area contributed by atoms with Gasteiger partial charge in [0.2, 0.25) is 0 Å². The Bertz CT molecular complexity index is 964. The number of para-hydroxylation sites is 2. The van der Waals surface area contributed by atoms with Crippen molar-refractivity contribution in [3.05, 3.63) is 48.6 Å². The van der Waals surface area contributed by atoms with E-state index in [0.717, 1.165) is 50.1 Å². The summed E-state index contributed by atoms with van der Waals surface area (Å²) in [6.07, 6.45) is 8.00. The third-order valence-electron chi connectivity index (χ3n) is 7.81. The maximum atomic E-state index is 13.0. The van der Waals surface area contributed by atoms with Gasteiger partial charge < -0.3 is 31.1 Å². The van der Waals surface area contributed by atoms with Gasteiger partial charge in [-0.2, -0.15) is 0 Å². The lowest BCUT2D eigenvalue weighted by Crippen LogP contribution is -2.53. The summed E-state index contributed by atoms with van der Waals surface area (Å²) < 4.78 is 0. The fourth-order valence-corrected chi connectivity index (χ4v) is 5.67. The second-order valence-electron chi connectivity index (χ2n) is 10.1. The fraction of sp³-hybridized carbons (Fsp3) is 0.556. The Balaban J connectivity index is 1.27. The number of amides is 2. The largest absolute Gasteiger partial charge is 0.397 e. The van der Waals surface area contributed by atoms with E-state index in [0.29, 0.717) is 19.0 Å². The van der Waals surface area contributed by atoms with Gasteiger partial charge in [-0.25, -0.2) is 0 Å². The Morgan fingerprint density at radius 2 is 1.94 bits per heavy atom. The molecule has 6 atom stereocenters. The van der Waals surface area contributed by atoms with E-state index in [1.807, 2.05) is 36.4 Å². The van der Waals surface area contributed by atoms with Crippen LogP contribution >= 0.6 is 0 Å². The first-order valence-corrected chi connectivity index (χ1v) is 12.7. The van der Waals surface area contributed by atoms with Crippen LogP contribution in [0.15, 0.2) is 48.6 Å². The number of benzene rings is 1. The van der Waals surface area contributed by atoms with E-state index in [1.165, 1.54) is 0 Å². The Labute approximate surface area is 207 Å². The van der Waals surface area contributed by atoms with E-state index in [1.54, 1.807) is 4.90 Å². The van der Waals surface area contributed by atoms with Gasteiger partial charge in [0.1, 0.15) is 0 Å². The topological polar surface area (TPSA) is 119 Å². The molecule has 8 heteroatoms. The van der Waals surface area contributed by atoms with Crippen molar-refractivity contribution in [2.24, 2.45) is 17.8 Å². The minimum absolute atomic E-state index is 0.0155. The van der Waals surface area contributed by atoms with Gasteiger partial charge in [0.25, 0.3) is 11.8 Å². The van der Waals surface area contributed by atoms with Gasteiger partial charge in [0, 0.05) is 38.1 Å². The number of aliphatic hydroxyl groups is 2. The number of carbonyl (C=O) groups excluding carboxylic acids is 2. The summed E-state index contributed by atoms with van der Waals surface area (Å²) in [5, 5.41) is 23.8. The van der Waals surface area contributed by atoms with E-state index in [9.17, 15) is 19.8 Å². The second-order valence-corrected chi connectivity index (χ2v) is 10.1. The van der Waals surface area contributed by atoms with Crippen molar-refractivity contribution in [1.82, 2.24) is 10.2 Å². The van der Waals surface area contributed by atoms with E-state index in [4.69, 9.17) is 5.73 Å². The van der Waals surface area contributed by atoms with Gasteiger partial charge >= 0.3 is 0 Å². The van der Waals surface area contributed by atoms with Crippen molar-refractivity contribution < 1.29 is 19.8 Å². The van der Waals surface area contributed by atoms with Gasteiger partial charge in [-0.1, -0.05) is 43.4 Å². The van der Waals surface area contributed by atoms with Crippen LogP contribution in [0.5, 0.6) is 0 Å². The molecule has 2 saturated heterocycles. The van der Waals surface area contributed by atoms with Crippen molar-refractivity contribution in [3.63, 3.8) is 0 Å². The van der Waals surface area contributed by atoms with Crippen molar-refractivity contribution in [3.8, 4) is 0 Å². The molecule has 0 spiro atoms. The smallest absolute Gasteiger partial charge is 0.254 e. The van der Waals surface area contributed by atoms with Crippen molar-refractivity contribution in [2.75, 3.05) is 36.8 Å². The second kappa shape index (κ2) is 11.3.